The molecule has 6 heteroatoms. The second-order valence-corrected chi connectivity index (χ2v) is 4.45. The van der Waals surface area contributed by atoms with E-state index >= 15 is 0 Å². The van der Waals surface area contributed by atoms with Crippen molar-refractivity contribution in [2.75, 3.05) is 5.75 Å². The second-order valence-electron chi connectivity index (χ2n) is 3.40. The Hall–Kier alpha value is -1.87. The molecule has 92 valence electrons. The van der Waals surface area contributed by atoms with E-state index in [0.29, 0.717) is 27.6 Å². The van der Waals surface area contributed by atoms with E-state index in [2.05, 4.69) is 4.98 Å². The molecular weight excluding hydrogens is 258 g/mol. The van der Waals surface area contributed by atoms with Crippen molar-refractivity contribution in [2.24, 2.45) is 0 Å². The minimum Gasteiger partial charge on any atom is -0.431 e. The number of hydrogen-bond acceptors (Lipinski definition) is 4. The monoisotopic (exact) mass is 266 g/mol. The molecule has 0 radical (unpaired) electrons. The van der Waals surface area contributed by atoms with Gasteiger partial charge in [0, 0.05) is 5.75 Å². The molecule has 1 aromatic carbocycles. The van der Waals surface area contributed by atoms with Gasteiger partial charge in [-0.05, 0) is 30.7 Å². The predicted octanol–water partition coefficient (Wildman–Crippen LogP) is 3.96. The highest BCUT2D eigenvalue weighted by Gasteiger charge is 2.06. The van der Waals surface area contributed by atoms with Crippen molar-refractivity contribution in [1.82, 2.24) is 4.98 Å². The first-order chi connectivity index (χ1) is 8.69. The molecule has 0 N–H and O–H groups in total. The van der Waals surface area contributed by atoms with E-state index in [-0.39, 0.29) is 6.42 Å². The molecule has 2 rings (SSSR count). The molecule has 0 aliphatic rings. The maximum absolute atomic E-state index is 11.8. The summed E-state index contributed by atoms with van der Waals surface area (Å²) < 4.78 is 29.0. The highest BCUT2D eigenvalue weighted by Crippen LogP contribution is 2.24. The van der Waals surface area contributed by atoms with Crippen LogP contribution in [-0.4, -0.2) is 10.7 Å². The van der Waals surface area contributed by atoms with Crippen molar-refractivity contribution < 1.29 is 13.2 Å². The third kappa shape index (κ3) is 3.08. The van der Waals surface area contributed by atoms with Crippen LogP contribution in [0.2, 0.25) is 0 Å². The Morgan fingerprint density at radius 3 is 3.06 bits per heavy atom. The zero-order valence-corrected chi connectivity index (χ0v) is 10.0. The Kier molecular flexibility index (Phi) is 3.95. The van der Waals surface area contributed by atoms with E-state index in [9.17, 15) is 8.78 Å². The highest BCUT2D eigenvalue weighted by atomic mass is 32.2. The van der Waals surface area contributed by atoms with Gasteiger partial charge in [-0.3, -0.25) is 0 Å². The Labute approximate surface area is 106 Å². The molecule has 0 atom stereocenters. The fraction of sp³-hybridized carbons (Fsp3) is 0.167. The number of fused-ring (bicyclic) bond motifs is 1. The summed E-state index contributed by atoms with van der Waals surface area (Å²) in [6.45, 7) is 0. The Morgan fingerprint density at radius 1 is 1.50 bits per heavy atom. The van der Waals surface area contributed by atoms with Gasteiger partial charge in [-0.1, -0.05) is 11.8 Å². The molecule has 0 aliphatic carbocycles. The number of hydrogen-bond donors (Lipinski definition) is 0. The van der Waals surface area contributed by atoms with Gasteiger partial charge < -0.3 is 4.42 Å². The summed E-state index contributed by atoms with van der Waals surface area (Å²) in [7, 11) is 0. The Bertz CT molecular complexity index is 627. The molecule has 2 aromatic rings. The molecule has 0 fully saturated rings. The van der Waals surface area contributed by atoms with Crippen molar-refractivity contribution in [3.8, 4) is 6.07 Å². The number of oxazole rings is 1. The van der Waals surface area contributed by atoms with Crippen LogP contribution >= 0.6 is 11.8 Å². The SMILES string of the molecule is N#Cc1ccc2oc(SCCC=C(F)F)nc2c1. The summed E-state index contributed by atoms with van der Waals surface area (Å²) in [4.78, 5) is 4.17. The molecule has 18 heavy (non-hydrogen) atoms. The maximum atomic E-state index is 11.8. The van der Waals surface area contributed by atoms with Crippen LogP contribution in [0.5, 0.6) is 0 Å². The topological polar surface area (TPSA) is 49.8 Å². The summed E-state index contributed by atoms with van der Waals surface area (Å²) in [6, 6.07) is 6.96. The van der Waals surface area contributed by atoms with Gasteiger partial charge in [-0.25, -0.2) is 4.98 Å². The third-order valence-electron chi connectivity index (χ3n) is 2.14. The molecule has 0 spiro atoms. The van der Waals surface area contributed by atoms with Crippen LogP contribution in [0.4, 0.5) is 8.78 Å². The predicted molar refractivity (Wildman–Crippen MR) is 64.4 cm³/mol. The number of allylic oxidation sites excluding steroid dienone is 1. The van der Waals surface area contributed by atoms with Gasteiger partial charge in [-0.15, -0.1) is 0 Å². The summed E-state index contributed by atoms with van der Waals surface area (Å²) >= 11 is 1.26. The van der Waals surface area contributed by atoms with Gasteiger partial charge in [0.05, 0.1) is 11.6 Å². The number of halogens is 2. The first-order valence-corrected chi connectivity index (χ1v) is 6.12. The molecule has 1 aromatic heterocycles. The van der Waals surface area contributed by atoms with Crippen molar-refractivity contribution in [1.29, 1.82) is 5.26 Å². The van der Waals surface area contributed by atoms with Crippen LogP contribution in [0, 0.1) is 11.3 Å². The van der Waals surface area contributed by atoms with Gasteiger partial charge in [0.25, 0.3) is 11.3 Å². The van der Waals surface area contributed by atoms with E-state index in [1.54, 1.807) is 18.2 Å². The van der Waals surface area contributed by atoms with E-state index in [1.165, 1.54) is 11.8 Å². The third-order valence-corrected chi connectivity index (χ3v) is 3.00. The maximum Gasteiger partial charge on any atom is 0.266 e. The highest BCUT2D eigenvalue weighted by molar-refractivity contribution is 7.99. The number of nitriles is 1. The van der Waals surface area contributed by atoms with Crippen LogP contribution < -0.4 is 0 Å². The molecule has 0 saturated carbocycles. The lowest BCUT2D eigenvalue weighted by Gasteiger charge is -1.90. The number of thioether (sulfide) groups is 1. The lowest BCUT2D eigenvalue weighted by atomic mass is 10.2. The average Bonchev–Trinajstić information content (AvgIpc) is 2.75. The first-order valence-electron chi connectivity index (χ1n) is 5.13. The lowest BCUT2D eigenvalue weighted by molar-refractivity contribution is 0.418. The van der Waals surface area contributed by atoms with E-state index in [1.807, 2.05) is 6.07 Å². The van der Waals surface area contributed by atoms with Gasteiger partial charge >= 0.3 is 0 Å². The van der Waals surface area contributed by atoms with Crippen molar-refractivity contribution in [3.63, 3.8) is 0 Å². The molecule has 0 bridgehead atoms. The fourth-order valence-electron chi connectivity index (χ4n) is 1.35. The molecule has 1 heterocycles. The molecule has 0 amide bonds. The summed E-state index contributed by atoms with van der Waals surface area (Å²) in [6.07, 6.45) is -0.551. The van der Waals surface area contributed by atoms with Crippen LogP contribution in [-0.2, 0) is 0 Å². The molecule has 0 unspecified atom stereocenters. The van der Waals surface area contributed by atoms with Crippen LogP contribution in [0.3, 0.4) is 0 Å². The average molecular weight is 266 g/mol. The van der Waals surface area contributed by atoms with Crippen LogP contribution in [0.15, 0.2) is 40.0 Å². The summed E-state index contributed by atoms with van der Waals surface area (Å²) in [5.41, 5.74) is 1.70. The standard InChI is InChI=1S/C12H8F2N2OS/c13-11(14)2-1-5-18-12-16-9-6-8(7-15)3-4-10(9)17-12/h2-4,6H,1,5H2. The molecule has 0 saturated heterocycles. The van der Waals surface area contributed by atoms with Crippen molar-refractivity contribution in [3.05, 3.63) is 35.9 Å². The van der Waals surface area contributed by atoms with Crippen LogP contribution in [0.1, 0.15) is 12.0 Å². The second kappa shape index (κ2) is 5.65. The van der Waals surface area contributed by atoms with Gasteiger partial charge in [0.2, 0.25) is 0 Å². The normalized spacial score (nSPS) is 10.3. The first kappa shape index (κ1) is 12.6. The van der Waals surface area contributed by atoms with E-state index in [4.69, 9.17) is 9.68 Å². The minimum atomic E-state index is -1.67. The summed E-state index contributed by atoms with van der Waals surface area (Å²) in [5.74, 6) is 0.468. The smallest absolute Gasteiger partial charge is 0.266 e. The van der Waals surface area contributed by atoms with E-state index in [0.717, 1.165) is 6.08 Å². The van der Waals surface area contributed by atoms with Crippen LogP contribution in [0.25, 0.3) is 11.1 Å². The van der Waals surface area contributed by atoms with Crippen molar-refractivity contribution in [2.45, 2.75) is 11.6 Å². The number of aromatic nitrogens is 1. The minimum absolute atomic E-state index is 0.259. The number of rotatable bonds is 4. The quantitative estimate of drug-likeness (QED) is 0.620. The summed E-state index contributed by atoms with van der Waals surface area (Å²) in [5, 5.41) is 9.16. The lowest BCUT2D eigenvalue weighted by Crippen LogP contribution is -1.77. The number of nitrogens with zero attached hydrogens (tertiary/aromatic N) is 2. The van der Waals surface area contributed by atoms with Gasteiger partial charge in [0.1, 0.15) is 5.52 Å². The number of benzene rings is 1. The fourth-order valence-corrected chi connectivity index (χ4v) is 2.07. The van der Waals surface area contributed by atoms with Gasteiger partial charge in [-0.2, -0.15) is 14.0 Å². The molecule has 3 nitrogen and oxygen atoms in total. The molecule has 0 aliphatic heterocycles. The molecular formula is C12H8F2N2OS. The van der Waals surface area contributed by atoms with E-state index < -0.39 is 6.08 Å². The largest absolute Gasteiger partial charge is 0.431 e. The zero-order chi connectivity index (χ0) is 13.0. The Morgan fingerprint density at radius 2 is 2.33 bits per heavy atom. The Balaban J connectivity index is 2.06. The zero-order valence-electron chi connectivity index (χ0n) is 9.19. The van der Waals surface area contributed by atoms with Gasteiger partial charge in [0.15, 0.2) is 5.58 Å². The van der Waals surface area contributed by atoms with Crippen molar-refractivity contribution >= 4 is 22.9 Å².